The number of carbonyl (C=O) groups is 1. The molecule has 0 aliphatic heterocycles. The van der Waals surface area contributed by atoms with Gasteiger partial charge in [-0.2, -0.15) is 8.78 Å². The summed E-state index contributed by atoms with van der Waals surface area (Å²) in [7, 11) is 0. The third-order valence-corrected chi connectivity index (χ3v) is 4.49. The second kappa shape index (κ2) is 8.26. The predicted octanol–water partition coefficient (Wildman–Crippen LogP) is 4.35. The standard InChI is InChI=1S/C20H13F2N5O5/c21-20(22)32-13-4-1-11(2-5-13)16-10-24-18-17(23-7-8-26(16)18)25-12-3-6-14(19(28)29)15(9-12)27(30)31/h1-10,20H,(H,23,25)(H,28,29). The average Bonchev–Trinajstić information content (AvgIpc) is 3.19. The zero-order chi connectivity index (χ0) is 22.8. The van der Waals surface area contributed by atoms with Crippen molar-refractivity contribution >= 4 is 28.8 Å². The lowest BCUT2D eigenvalue weighted by Crippen LogP contribution is -2.04. The molecule has 10 nitrogen and oxygen atoms in total. The Morgan fingerprint density at radius 2 is 1.94 bits per heavy atom. The SMILES string of the molecule is O=C(O)c1ccc(Nc2nccn3c(-c4ccc(OC(F)F)cc4)cnc23)cc1[N+](=O)[O-]. The maximum absolute atomic E-state index is 12.3. The van der Waals surface area contributed by atoms with E-state index in [4.69, 9.17) is 5.11 Å². The zero-order valence-electron chi connectivity index (χ0n) is 16.0. The molecule has 0 fully saturated rings. The van der Waals surface area contributed by atoms with E-state index in [9.17, 15) is 23.7 Å². The minimum atomic E-state index is -2.92. The maximum atomic E-state index is 12.3. The van der Waals surface area contributed by atoms with Crippen molar-refractivity contribution in [2.24, 2.45) is 0 Å². The Hall–Kier alpha value is -4.61. The van der Waals surface area contributed by atoms with Crippen molar-refractivity contribution in [3.8, 4) is 17.0 Å². The first-order valence-electron chi connectivity index (χ1n) is 8.99. The number of halogens is 2. The van der Waals surface area contributed by atoms with Crippen molar-refractivity contribution in [2.75, 3.05) is 5.32 Å². The minimum Gasteiger partial charge on any atom is -0.477 e. The lowest BCUT2D eigenvalue weighted by molar-refractivity contribution is -0.385. The predicted molar refractivity (Wildman–Crippen MR) is 108 cm³/mol. The van der Waals surface area contributed by atoms with Gasteiger partial charge in [0.2, 0.25) is 0 Å². The first kappa shape index (κ1) is 20.7. The van der Waals surface area contributed by atoms with Gasteiger partial charge in [0.25, 0.3) is 5.69 Å². The van der Waals surface area contributed by atoms with Crippen LogP contribution in [0.4, 0.5) is 26.0 Å². The fourth-order valence-electron chi connectivity index (χ4n) is 3.11. The molecular formula is C20H13F2N5O5. The number of aromatic nitrogens is 3. The summed E-state index contributed by atoms with van der Waals surface area (Å²) in [5, 5.41) is 23.2. The lowest BCUT2D eigenvalue weighted by Gasteiger charge is -2.09. The van der Waals surface area contributed by atoms with Crippen LogP contribution >= 0.6 is 0 Å². The van der Waals surface area contributed by atoms with Gasteiger partial charge in [-0.3, -0.25) is 14.5 Å². The molecule has 0 amide bonds. The van der Waals surface area contributed by atoms with Crippen LogP contribution in [0.1, 0.15) is 10.4 Å². The van der Waals surface area contributed by atoms with Gasteiger partial charge in [0.05, 0.1) is 16.8 Å². The van der Waals surface area contributed by atoms with E-state index < -0.39 is 28.8 Å². The summed E-state index contributed by atoms with van der Waals surface area (Å²) in [4.78, 5) is 30.2. The number of hydrogen-bond donors (Lipinski definition) is 2. The van der Waals surface area contributed by atoms with Crippen LogP contribution in [0.5, 0.6) is 5.75 Å². The Morgan fingerprint density at radius 3 is 2.59 bits per heavy atom. The van der Waals surface area contributed by atoms with Gasteiger partial charge < -0.3 is 15.2 Å². The first-order chi connectivity index (χ1) is 15.3. The number of fused-ring (bicyclic) bond motifs is 1. The van der Waals surface area contributed by atoms with E-state index in [2.05, 4.69) is 20.0 Å². The zero-order valence-corrected chi connectivity index (χ0v) is 16.0. The molecule has 162 valence electrons. The molecule has 4 rings (SSSR count). The number of carboxylic acids is 1. The molecule has 0 aliphatic carbocycles. The molecule has 4 aromatic rings. The van der Waals surface area contributed by atoms with E-state index in [1.54, 1.807) is 28.9 Å². The van der Waals surface area contributed by atoms with Gasteiger partial charge in [-0.15, -0.1) is 0 Å². The Bertz CT molecular complexity index is 1320. The minimum absolute atomic E-state index is 0.0213. The molecule has 32 heavy (non-hydrogen) atoms. The van der Waals surface area contributed by atoms with E-state index in [-0.39, 0.29) is 17.3 Å². The Morgan fingerprint density at radius 1 is 1.19 bits per heavy atom. The molecule has 0 saturated heterocycles. The number of benzene rings is 2. The summed E-state index contributed by atoms with van der Waals surface area (Å²) in [6.07, 6.45) is 4.68. The van der Waals surface area contributed by atoms with Crippen LogP contribution in [0.25, 0.3) is 16.9 Å². The van der Waals surface area contributed by atoms with E-state index >= 15 is 0 Å². The largest absolute Gasteiger partial charge is 0.477 e. The molecule has 0 unspecified atom stereocenters. The van der Waals surface area contributed by atoms with Crippen molar-refractivity contribution < 1.29 is 28.3 Å². The number of nitrogens with zero attached hydrogens (tertiary/aromatic N) is 4. The maximum Gasteiger partial charge on any atom is 0.387 e. The van der Waals surface area contributed by atoms with Gasteiger partial charge >= 0.3 is 12.6 Å². The highest BCUT2D eigenvalue weighted by Crippen LogP contribution is 2.29. The second-order valence-corrected chi connectivity index (χ2v) is 6.43. The number of nitrogens with one attached hydrogen (secondary N) is 1. The van der Waals surface area contributed by atoms with Gasteiger partial charge in [0, 0.05) is 29.7 Å². The highest BCUT2D eigenvalue weighted by molar-refractivity contribution is 5.93. The Balaban J connectivity index is 1.68. The van der Waals surface area contributed by atoms with Crippen LogP contribution in [0.15, 0.2) is 61.1 Å². The van der Waals surface area contributed by atoms with Crippen molar-refractivity contribution in [3.63, 3.8) is 0 Å². The third-order valence-electron chi connectivity index (χ3n) is 4.49. The van der Waals surface area contributed by atoms with E-state index in [0.717, 1.165) is 12.1 Å². The van der Waals surface area contributed by atoms with E-state index in [0.29, 0.717) is 16.9 Å². The molecule has 2 heterocycles. The number of nitro groups is 1. The number of aromatic carboxylic acids is 1. The molecule has 0 radical (unpaired) electrons. The number of rotatable bonds is 7. The number of imidazole rings is 1. The van der Waals surface area contributed by atoms with Crippen molar-refractivity contribution in [1.82, 2.24) is 14.4 Å². The number of alkyl halides is 2. The Labute approximate surface area is 177 Å². The van der Waals surface area contributed by atoms with Crippen LogP contribution in [-0.4, -0.2) is 37.0 Å². The molecule has 0 spiro atoms. The normalized spacial score (nSPS) is 11.0. The summed E-state index contributed by atoms with van der Waals surface area (Å²) < 4.78 is 30.7. The van der Waals surface area contributed by atoms with Crippen LogP contribution in [0, 0.1) is 10.1 Å². The smallest absolute Gasteiger partial charge is 0.387 e. The van der Waals surface area contributed by atoms with Crippen LogP contribution in [0.3, 0.4) is 0 Å². The summed E-state index contributed by atoms with van der Waals surface area (Å²) in [6, 6.07) is 9.62. The molecule has 2 aromatic carbocycles. The van der Waals surface area contributed by atoms with Gasteiger partial charge in [0.15, 0.2) is 11.5 Å². The van der Waals surface area contributed by atoms with Gasteiger partial charge in [-0.1, -0.05) is 0 Å². The number of ether oxygens (including phenoxy) is 1. The third kappa shape index (κ3) is 4.01. The molecule has 12 heteroatoms. The topological polar surface area (TPSA) is 132 Å². The summed E-state index contributed by atoms with van der Waals surface area (Å²) >= 11 is 0. The van der Waals surface area contributed by atoms with Crippen molar-refractivity contribution in [2.45, 2.75) is 6.61 Å². The highest BCUT2D eigenvalue weighted by Gasteiger charge is 2.21. The number of nitro benzene ring substituents is 1. The molecule has 2 N–H and O–H groups in total. The Kier molecular flexibility index (Phi) is 5.33. The number of anilines is 2. The molecule has 0 bridgehead atoms. The quantitative estimate of drug-likeness (QED) is 0.320. The van der Waals surface area contributed by atoms with Crippen molar-refractivity contribution in [3.05, 3.63) is 76.7 Å². The van der Waals surface area contributed by atoms with Gasteiger partial charge in [-0.25, -0.2) is 14.8 Å². The molecule has 0 atom stereocenters. The first-order valence-corrected chi connectivity index (χ1v) is 8.99. The fraction of sp³-hybridized carbons (Fsp3) is 0.0500. The number of carboxylic acid groups (broad SMARTS) is 1. The number of hydrogen-bond acceptors (Lipinski definition) is 7. The summed E-state index contributed by atoms with van der Waals surface area (Å²) in [5.74, 6) is -1.12. The fourth-order valence-corrected chi connectivity index (χ4v) is 3.11. The van der Waals surface area contributed by atoms with Crippen LogP contribution in [-0.2, 0) is 0 Å². The van der Waals surface area contributed by atoms with Gasteiger partial charge in [-0.05, 0) is 36.4 Å². The average molecular weight is 441 g/mol. The van der Waals surface area contributed by atoms with Gasteiger partial charge in [0.1, 0.15) is 11.3 Å². The molecule has 0 aliphatic rings. The molecular weight excluding hydrogens is 428 g/mol. The van der Waals surface area contributed by atoms with Crippen LogP contribution < -0.4 is 10.1 Å². The van der Waals surface area contributed by atoms with Crippen molar-refractivity contribution in [1.29, 1.82) is 0 Å². The summed E-state index contributed by atoms with van der Waals surface area (Å²) in [6.45, 7) is -2.92. The van der Waals surface area contributed by atoms with E-state index in [1.165, 1.54) is 24.4 Å². The highest BCUT2D eigenvalue weighted by atomic mass is 19.3. The second-order valence-electron chi connectivity index (χ2n) is 6.43. The molecule has 0 saturated carbocycles. The van der Waals surface area contributed by atoms with E-state index in [1.807, 2.05) is 0 Å². The lowest BCUT2D eigenvalue weighted by atomic mass is 10.1. The summed E-state index contributed by atoms with van der Waals surface area (Å²) in [5.41, 5.74) is 0.957. The monoisotopic (exact) mass is 441 g/mol. The molecule has 2 aromatic heterocycles. The van der Waals surface area contributed by atoms with Crippen LogP contribution in [0.2, 0.25) is 0 Å².